The van der Waals surface area contributed by atoms with Crippen LogP contribution in [0.25, 0.3) is 0 Å². The van der Waals surface area contributed by atoms with Crippen molar-refractivity contribution in [2.24, 2.45) is 17.8 Å². The third-order valence-electron chi connectivity index (χ3n) is 2.74. The summed E-state index contributed by atoms with van der Waals surface area (Å²) in [5.41, 5.74) is 0. The number of allylic oxidation sites excluding steroid dienone is 2. The number of ether oxygens (including phenoxy) is 1. The maximum atomic E-state index is 11.2. The highest BCUT2D eigenvalue weighted by atomic mass is 16.5. The summed E-state index contributed by atoms with van der Waals surface area (Å²) >= 11 is 0. The van der Waals surface area contributed by atoms with Gasteiger partial charge in [0, 0.05) is 25.4 Å². The molecule has 11 heavy (non-hydrogen) atoms. The monoisotopic (exact) mass is 152 g/mol. The van der Waals surface area contributed by atoms with E-state index in [4.69, 9.17) is 4.74 Å². The summed E-state index contributed by atoms with van der Waals surface area (Å²) in [5, 5.41) is 0. The molecule has 60 valence electrons. The van der Waals surface area contributed by atoms with Gasteiger partial charge in [-0.3, -0.25) is 4.79 Å². The Labute approximate surface area is 66.2 Å². The molecule has 1 fully saturated rings. The van der Waals surface area contributed by atoms with E-state index >= 15 is 0 Å². The largest absolute Gasteiger partial charge is 0.384 e. The number of hydrogen-bond acceptors (Lipinski definition) is 2. The predicted molar refractivity (Wildman–Crippen MR) is 41.1 cm³/mol. The van der Waals surface area contributed by atoms with Crippen LogP contribution in [-0.4, -0.2) is 19.5 Å². The van der Waals surface area contributed by atoms with Crippen LogP contribution in [0, 0.1) is 17.8 Å². The van der Waals surface area contributed by atoms with Gasteiger partial charge >= 0.3 is 0 Å². The smallest absolute Gasteiger partial charge is 0.140 e. The van der Waals surface area contributed by atoms with E-state index in [1.165, 1.54) is 0 Å². The lowest BCUT2D eigenvalue weighted by molar-refractivity contribution is -0.120. The summed E-state index contributed by atoms with van der Waals surface area (Å²) in [7, 11) is 1.70. The SMILES string of the molecule is COCC1[C@@H]2C=C[C@H]1C(=O)C2. The maximum Gasteiger partial charge on any atom is 0.140 e. The minimum atomic E-state index is 0.181. The lowest BCUT2D eigenvalue weighted by Crippen LogP contribution is -2.15. The Hall–Kier alpha value is -0.630. The normalized spacial score (nSPS) is 40.5. The number of Topliss-reactive ketones (excluding diaryl/α,β-unsaturated/α-hetero) is 1. The van der Waals surface area contributed by atoms with Crippen molar-refractivity contribution in [3.63, 3.8) is 0 Å². The fourth-order valence-corrected chi connectivity index (χ4v) is 2.17. The highest BCUT2D eigenvalue weighted by Crippen LogP contribution is 2.41. The van der Waals surface area contributed by atoms with Crippen LogP contribution in [0.5, 0.6) is 0 Å². The Bertz CT molecular complexity index is 208. The molecule has 1 unspecified atom stereocenters. The molecule has 0 aromatic rings. The summed E-state index contributed by atoms with van der Waals surface area (Å²) in [5.74, 6) is 1.51. The summed E-state index contributed by atoms with van der Waals surface area (Å²) in [6.07, 6.45) is 4.95. The van der Waals surface area contributed by atoms with Gasteiger partial charge in [-0.05, 0) is 5.92 Å². The molecule has 1 saturated carbocycles. The minimum Gasteiger partial charge on any atom is -0.384 e. The highest BCUT2D eigenvalue weighted by molar-refractivity contribution is 5.87. The van der Waals surface area contributed by atoms with Crippen molar-refractivity contribution in [1.29, 1.82) is 0 Å². The van der Waals surface area contributed by atoms with E-state index in [9.17, 15) is 4.79 Å². The van der Waals surface area contributed by atoms with Crippen LogP contribution in [0.1, 0.15) is 6.42 Å². The number of hydrogen-bond donors (Lipinski definition) is 0. The van der Waals surface area contributed by atoms with Crippen molar-refractivity contribution in [3.05, 3.63) is 12.2 Å². The molecular weight excluding hydrogens is 140 g/mol. The minimum absolute atomic E-state index is 0.181. The van der Waals surface area contributed by atoms with Crippen LogP contribution in [0.2, 0.25) is 0 Å². The fourth-order valence-electron chi connectivity index (χ4n) is 2.17. The number of methoxy groups -OCH3 is 1. The van der Waals surface area contributed by atoms with Crippen molar-refractivity contribution >= 4 is 5.78 Å². The van der Waals surface area contributed by atoms with E-state index in [2.05, 4.69) is 6.08 Å². The van der Waals surface area contributed by atoms with Gasteiger partial charge in [-0.25, -0.2) is 0 Å². The molecule has 2 aliphatic carbocycles. The van der Waals surface area contributed by atoms with Gasteiger partial charge in [0.1, 0.15) is 5.78 Å². The molecule has 2 rings (SSSR count). The van der Waals surface area contributed by atoms with Crippen molar-refractivity contribution in [2.75, 3.05) is 13.7 Å². The summed E-state index contributed by atoms with van der Waals surface area (Å²) in [4.78, 5) is 11.2. The van der Waals surface area contributed by atoms with Gasteiger partial charge in [0.15, 0.2) is 0 Å². The van der Waals surface area contributed by atoms with E-state index in [1.54, 1.807) is 7.11 Å². The van der Waals surface area contributed by atoms with E-state index in [0.29, 0.717) is 17.6 Å². The molecule has 0 N–H and O–H groups in total. The first-order chi connectivity index (χ1) is 5.33. The lowest BCUT2D eigenvalue weighted by Gasteiger charge is -2.11. The van der Waals surface area contributed by atoms with Crippen LogP contribution in [0.3, 0.4) is 0 Å². The van der Waals surface area contributed by atoms with Crippen LogP contribution in [0.4, 0.5) is 0 Å². The van der Waals surface area contributed by atoms with Crippen LogP contribution < -0.4 is 0 Å². The maximum absolute atomic E-state index is 11.2. The molecular formula is C9H12O2. The Balaban J connectivity index is 2.11. The number of rotatable bonds is 2. The summed E-state index contributed by atoms with van der Waals surface area (Å²) in [6, 6.07) is 0. The Morgan fingerprint density at radius 2 is 2.45 bits per heavy atom. The van der Waals surface area contributed by atoms with Crippen LogP contribution >= 0.6 is 0 Å². The molecule has 0 radical (unpaired) electrons. The number of carbonyl (C=O) groups is 1. The van der Waals surface area contributed by atoms with E-state index in [1.807, 2.05) is 6.08 Å². The number of carbonyl (C=O) groups excluding carboxylic acids is 1. The van der Waals surface area contributed by atoms with Crippen molar-refractivity contribution in [2.45, 2.75) is 6.42 Å². The molecule has 0 spiro atoms. The number of fused-ring (bicyclic) bond motifs is 2. The molecule has 0 saturated heterocycles. The lowest BCUT2D eigenvalue weighted by atomic mass is 9.98. The molecule has 0 heterocycles. The number of ketones is 1. The van der Waals surface area contributed by atoms with E-state index in [0.717, 1.165) is 13.0 Å². The Kier molecular flexibility index (Phi) is 1.57. The average Bonchev–Trinajstić information content (AvgIpc) is 2.46. The van der Waals surface area contributed by atoms with Gasteiger partial charge < -0.3 is 4.74 Å². The van der Waals surface area contributed by atoms with Crippen molar-refractivity contribution in [1.82, 2.24) is 0 Å². The Morgan fingerprint density at radius 3 is 2.91 bits per heavy atom. The van der Waals surface area contributed by atoms with Gasteiger partial charge in [0.2, 0.25) is 0 Å². The van der Waals surface area contributed by atoms with Crippen molar-refractivity contribution in [3.8, 4) is 0 Å². The van der Waals surface area contributed by atoms with Crippen molar-refractivity contribution < 1.29 is 9.53 Å². The molecule has 2 aliphatic rings. The average molecular weight is 152 g/mol. The molecule has 2 nitrogen and oxygen atoms in total. The van der Waals surface area contributed by atoms with Crippen LogP contribution in [-0.2, 0) is 9.53 Å². The molecule has 2 heteroatoms. The molecule has 0 amide bonds. The standard InChI is InChI=1S/C9H12O2/c1-11-5-8-6-2-3-7(8)9(10)4-6/h2-3,6-8H,4-5H2,1H3/t6-,7-,8?/m1/s1. The zero-order chi connectivity index (χ0) is 7.84. The summed E-state index contributed by atoms with van der Waals surface area (Å²) in [6.45, 7) is 0.730. The molecule has 0 aromatic heterocycles. The predicted octanol–water partition coefficient (Wildman–Crippen LogP) is 1.02. The van der Waals surface area contributed by atoms with Crippen LogP contribution in [0.15, 0.2) is 12.2 Å². The summed E-state index contributed by atoms with van der Waals surface area (Å²) < 4.78 is 5.06. The quantitative estimate of drug-likeness (QED) is 0.552. The van der Waals surface area contributed by atoms with Gasteiger partial charge in [-0.2, -0.15) is 0 Å². The molecule has 0 aliphatic heterocycles. The highest BCUT2D eigenvalue weighted by Gasteiger charge is 2.43. The van der Waals surface area contributed by atoms with Gasteiger partial charge in [-0.1, -0.05) is 12.2 Å². The molecule has 3 atom stereocenters. The zero-order valence-electron chi connectivity index (χ0n) is 6.62. The molecule has 0 aromatic carbocycles. The topological polar surface area (TPSA) is 26.3 Å². The molecule has 2 bridgehead atoms. The van der Waals surface area contributed by atoms with Gasteiger partial charge in [0.05, 0.1) is 6.61 Å². The third kappa shape index (κ3) is 0.932. The third-order valence-corrected chi connectivity index (χ3v) is 2.74. The fraction of sp³-hybridized carbons (Fsp3) is 0.667. The second-order valence-corrected chi connectivity index (χ2v) is 3.36. The second kappa shape index (κ2) is 2.45. The van der Waals surface area contributed by atoms with E-state index < -0.39 is 0 Å². The van der Waals surface area contributed by atoms with Gasteiger partial charge in [0.25, 0.3) is 0 Å². The van der Waals surface area contributed by atoms with E-state index in [-0.39, 0.29) is 5.92 Å². The zero-order valence-corrected chi connectivity index (χ0v) is 6.62. The second-order valence-electron chi connectivity index (χ2n) is 3.36. The first-order valence-electron chi connectivity index (χ1n) is 4.03. The Morgan fingerprint density at radius 1 is 1.64 bits per heavy atom. The van der Waals surface area contributed by atoms with Gasteiger partial charge in [-0.15, -0.1) is 0 Å². The first kappa shape index (κ1) is 7.04. The first-order valence-corrected chi connectivity index (χ1v) is 4.03.